The number of hydrazone groups is 1. The minimum Gasteiger partial charge on any atom is -0.290 e. The van der Waals surface area contributed by atoms with E-state index in [2.05, 4.69) is 81.1 Å². The third-order valence-corrected chi connectivity index (χ3v) is 6.21. The van der Waals surface area contributed by atoms with E-state index in [4.69, 9.17) is 0 Å². The lowest BCUT2D eigenvalue weighted by Crippen LogP contribution is -2.51. The van der Waals surface area contributed by atoms with E-state index in [0.717, 1.165) is 18.7 Å². The van der Waals surface area contributed by atoms with Crippen molar-refractivity contribution >= 4 is 23.9 Å². The largest absolute Gasteiger partial charge is 0.290 e. The van der Waals surface area contributed by atoms with Gasteiger partial charge in [-0.3, -0.25) is 14.7 Å². The zero-order valence-corrected chi connectivity index (χ0v) is 17.4. The van der Waals surface area contributed by atoms with Crippen LogP contribution in [0, 0.1) is 0 Å². The standard InChI is InChI=1S/C24H24N4OS/c29-23(27-26-15-19-8-7-13-25-14-19)18-30-22-16-28(17-22)24(20-9-3-1-4-10-20)21-11-5-2-6-12-21/h1-15,22,24H,16-18H2,(H,27,29)/b26-15-. The molecule has 0 spiro atoms. The molecule has 30 heavy (non-hydrogen) atoms. The number of thioether (sulfide) groups is 1. The molecule has 1 aliphatic rings. The van der Waals surface area contributed by atoms with E-state index in [-0.39, 0.29) is 11.9 Å². The maximum absolute atomic E-state index is 12.1. The Morgan fingerprint density at radius 3 is 2.33 bits per heavy atom. The summed E-state index contributed by atoms with van der Waals surface area (Å²) in [5.41, 5.74) is 6.04. The maximum Gasteiger partial charge on any atom is 0.250 e. The fourth-order valence-corrected chi connectivity index (χ4v) is 4.57. The predicted molar refractivity (Wildman–Crippen MR) is 123 cm³/mol. The van der Waals surface area contributed by atoms with E-state index in [1.807, 2.05) is 12.1 Å². The summed E-state index contributed by atoms with van der Waals surface area (Å²) in [6.07, 6.45) is 5.00. The molecule has 0 saturated carbocycles. The van der Waals surface area contributed by atoms with Gasteiger partial charge in [0.15, 0.2) is 0 Å². The van der Waals surface area contributed by atoms with E-state index in [0.29, 0.717) is 11.0 Å². The number of amides is 1. The van der Waals surface area contributed by atoms with Gasteiger partial charge in [-0.15, -0.1) is 11.8 Å². The number of nitrogens with one attached hydrogen (secondary N) is 1. The molecule has 1 amide bonds. The third-order valence-electron chi connectivity index (χ3n) is 5.01. The van der Waals surface area contributed by atoms with Gasteiger partial charge in [-0.2, -0.15) is 5.10 Å². The Hall–Kier alpha value is -2.96. The summed E-state index contributed by atoms with van der Waals surface area (Å²) in [4.78, 5) is 18.5. The highest BCUT2D eigenvalue weighted by Crippen LogP contribution is 2.35. The molecule has 4 rings (SSSR count). The van der Waals surface area contributed by atoms with Crippen LogP contribution in [0.4, 0.5) is 0 Å². The van der Waals surface area contributed by atoms with Crippen molar-refractivity contribution in [1.82, 2.24) is 15.3 Å². The van der Waals surface area contributed by atoms with Gasteiger partial charge in [-0.05, 0) is 17.2 Å². The van der Waals surface area contributed by atoms with Crippen molar-refractivity contribution in [2.45, 2.75) is 11.3 Å². The number of pyridine rings is 1. The Balaban J connectivity index is 1.27. The Bertz CT molecular complexity index is 921. The molecule has 0 unspecified atom stereocenters. The molecule has 5 nitrogen and oxygen atoms in total. The third kappa shape index (κ3) is 5.34. The van der Waals surface area contributed by atoms with Crippen molar-refractivity contribution in [2.24, 2.45) is 5.10 Å². The fourth-order valence-electron chi connectivity index (χ4n) is 3.53. The Morgan fingerprint density at radius 2 is 1.73 bits per heavy atom. The van der Waals surface area contributed by atoms with Crippen LogP contribution in [0.15, 0.2) is 90.3 Å². The van der Waals surface area contributed by atoms with Crippen LogP contribution >= 0.6 is 11.8 Å². The molecule has 2 heterocycles. The number of hydrogen-bond donors (Lipinski definition) is 1. The fraction of sp³-hybridized carbons (Fsp3) is 0.208. The number of nitrogens with zero attached hydrogens (tertiary/aromatic N) is 3. The van der Waals surface area contributed by atoms with Crippen LogP contribution in [-0.4, -0.2) is 46.1 Å². The summed E-state index contributed by atoms with van der Waals surface area (Å²) in [6, 6.07) is 25.2. The normalized spacial score (nSPS) is 14.7. The minimum atomic E-state index is -0.0822. The van der Waals surface area contributed by atoms with Crippen LogP contribution in [0.2, 0.25) is 0 Å². The predicted octanol–water partition coefficient (Wildman–Crippen LogP) is 3.74. The van der Waals surface area contributed by atoms with Crippen molar-refractivity contribution < 1.29 is 4.79 Å². The minimum absolute atomic E-state index is 0.0822. The highest BCUT2D eigenvalue weighted by molar-refractivity contribution is 8.00. The lowest BCUT2D eigenvalue weighted by atomic mass is 9.94. The topological polar surface area (TPSA) is 57.6 Å². The quantitative estimate of drug-likeness (QED) is 0.449. The summed E-state index contributed by atoms with van der Waals surface area (Å²) in [6.45, 7) is 1.93. The van der Waals surface area contributed by atoms with Gasteiger partial charge >= 0.3 is 0 Å². The van der Waals surface area contributed by atoms with Crippen molar-refractivity contribution in [1.29, 1.82) is 0 Å². The van der Waals surface area contributed by atoms with E-state index in [9.17, 15) is 4.79 Å². The summed E-state index contributed by atoms with van der Waals surface area (Å²) in [5, 5.41) is 4.45. The maximum atomic E-state index is 12.1. The number of aromatic nitrogens is 1. The molecule has 0 bridgehead atoms. The van der Waals surface area contributed by atoms with E-state index < -0.39 is 0 Å². The number of carbonyl (C=O) groups is 1. The number of likely N-dealkylation sites (tertiary alicyclic amines) is 1. The van der Waals surface area contributed by atoms with E-state index >= 15 is 0 Å². The second kappa shape index (κ2) is 10.2. The van der Waals surface area contributed by atoms with Gasteiger partial charge in [-0.25, -0.2) is 5.43 Å². The van der Waals surface area contributed by atoms with Crippen molar-refractivity contribution in [3.05, 3.63) is 102 Å². The van der Waals surface area contributed by atoms with Crippen molar-refractivity contribution in [3.63, 3.8) is 0 Å². The van der Waals surface area contributed by atoms with Gasteiger partial charge in [0.2, 0.25) is 5.91 Å². The van der Waals surface area contributed by atoms with Crippen LogP contribution in [0.5, 0.6) is 0 Å². The first-order valence-electron chi connectivity index (χ1n) is 9.97. The Labute approximate surface area is 181 Å². The summed E-state index contributed by atoms with van der Waals surface area (Å²) >= 11 is 1.69. The number of hydrogen-bond acceptors (Lipinski definition) is 5. The summed E-state index contributed by atoms with van der Waals surface area (Å²) < 4.78 is 0. The smallest absolute Gasteiger partial charge is 0.250 e. The molecular weight excluding hydrogens is 392 g/mol. The van der Waals surface area contributed by atoms with Gasteiger partial charge in [0.05, 0.1) is 18.0 Å². The van der Waals surface area contributed by atoms with Crippen molar-refractivity contribution in [2.75, 3.05) is 18.8 Å². The first kappa shape index (κ1) is 20.3. The van der Waals surface area contributed by atoms with Gasteiger partial charge in [0.1, 0.15) is 0 Å². The second-order valence-corrected chi connectivity index (χ2v) is 8.48. The monoisotopic (exact) mass is 416 g/mol. The lowest BCUT2D eigenvalue weighted by molar-refractivity contribution is -0.118. The summed E-state index contributed by atoms with van der Waals surface area (Å²) in [5.74, 6) is 0.325. The molecule has 0 atom stereocenters. The molecular formula is C24H24N4OS. The first-order chi connectivity index (χ1) is 14.8. The van der Waals surface area contributed by atoms with Gasteiger partial charge in [0, 0.05) is 36.3 Å². The van der Waals surface area contributed by atoms with Crippen LogP contribution in [0.1, 0.15) is 22.7 Å². The van der Waals surface area contributed by atoms with Crippen LogP contribution in [-0.2, 0) is 4.79 Å². The Kier molecular flexibility index (Phi) is 6.90. The van der Waals surface area contributed by atoms with Crippen LogP contribution in [0.25, 0.3) is 0 Å². The molecule has 0 aliphatic carbocycles. The van der Waals surface area contributed by atoms with Gasteiger partial charge < -0.3 is 0 Å². The zero-order chi connectivity index (χ0) is 20.6. The average molecular weight is 417 g/mol. The average Bonchev–Trinajstić information content (AvgIpc) is 2.77. The lowest BCUT2D eigenvalue weighted by Gasteiger charge is -2.44. The van der Waals surface area contributed by atoms with E-state index in [1.54, 1.807) is 30.4 Å². The van der Waals surface area contributed by atoms with Crippen LogP contribution in [0.3, 0.4) is 0 Å². The van der Waals surface area contributed by atoms with E-state index in [1.165, 1.54) is 11.1 Å². The summed E-state index contributed by atoms with van der Waals surface area (Å²) in [7, 11) is 0. The number of benzene rings is 2. The molecule has 3 aromatic rings. The first-order valence-corrected chi connectivity index (χ1v) is 11.0. The van der Waals surface area contributed by atoms with Gasteiger partial charge in [-0.1, -0.05) is 66.7 Å². The molecule has 2 aromatic carbocycles. The highest BCUT2D eigenvalue weighted by atomic mass is 32.2. The molecule has 0 radical (unpaired) electrons. The molecule has 152 valence electrons. The van der Waals surface area contributed by atoms with Crippen LogP contribution < -0.4 is 5.43 Å². The molecule has 1 aliphatic heterocycles. The Morgan fingerprint density at radius 1 is 1.07 bits per heavy atom. The molecule has 1 N–H and O–H groups in total. The molecule has 6 heteroatoms. The molecule has 1 saturated heterocycles. The number of rotatable bonds is 8. The van der Waals surface area contributed by atoms with Crippen molar-refractivity contribution in [3.8, 4) is 0 Å². The number of carbonyl (C=O) groups excluding carboxylic acids is 1. The molecule has 1 aromatic heterocycles. The highest BCUT2D eigenvalue weighted by Gasteiger charge is 2.34. The zero-order valence-electron chi connectivity index (χ0n) is 16.6. The SMILES string of the molecule is O=C(CSC1CN(C(c2ccccc2)c2ccccc2)C1)N/N=C\c1cccnc1. The molecule has 1 fully saturated rings. The van der Waals surface area contributed by atoms with Gasteiger partial charge in [0.25, 0.3) is 0 Å². The second-order valence-electron chi connectivity index (χ2n) is 7.19.